The number of anilines is 1. The Balaban J connectivity index is 2.14. The standard InChI is InChI=1S/C21H29N3O3SSi/c1-15-7-9-17(10-8-15)28(25,26)24-16(14-27-29(5,6)21(2,3)4)13-18-19(24)11-12-20(22)23-18/h7-13H,14H2,1-6H3,(H2,22,23). The van der Waals surface area contributed by atoms with Gasteiger partial charge in [-0.2, -0.15) is 0 Å². The second kappa shape index (κ2) is 7.27. The van der Waals surface area contributed by atoms with E-state index < -0.39 is 18.3 Å². The highest BCUT2D eigenvalue weighted by Gasteiger charge is 2.37. The molecular formula is C21H29N3O3SSi. The summed E-state index contributed by atoms with van der Waals surface area (Å²) in [6.45, 7) is 12.9. The molecule has 0 aliphatic carbocycles. The van der Waals surface area contributed by atoms with Crippen LogP contribution in [0.3, 0.4) is 0 Å². The highest BCUT2D eigenvalue weighted by molar-refractivity contribution is 7.90. The molecule has 3 aromatic rings. The summed E-state index contributed by atoms with van der Waals surface area (Å²) in [6, 6.07) is 11.9. The molecule has 0 saturated heterocycles. The van der Waals surface area contributed by atoms with Crippen molar-refractivity contribution in [2.75, 3.05) is 5.73 Å². The van der Waals surface area contributed by atoms with Crippen molar-refractivity contribution in [1.82, 2.24) is 8.96 Å². The lowest BCUT2D eigenvalue weighted by atomic mass is 10.2. The van der Waals surface area contributed by atoms with Gasteiger partial charge in [-0.25, -0.2) is 17.4 Å². The Morgan fingerprint density at radius 2 is 1.72 bits per heavy atom. The van der Waals surface area contributed by atoms with Crippen LogP contribution in [0.15, 0.2) is 47.4 Å². The molecule has 0 fully saturated rings. The van der Waals surface area contributed by atoms with E-state index in [1.54, 1.807) is 42.5 Å². The van der Waals surface area contributed by atoms with Gasteiger partial charge in [0.05, 0.1) is 28.2 Å². The van der Waals surface area contributed by atoms with Crippen molar-refractivity contribution in [3.8, 4) is 0 Å². The van der Waals surface area contributed by atoms with Crippen LogP contribution in [-0.2, 0) is 21.1 Å². The number of hydrogen-bond donors (Lipinski definition) is 1. The first-order chi connectivity index (χ1) is 13.3. The molecule has 6 nitrogen and oxygen atoms in total. The van der Waals surface area contributed by atoms with E-state index in [0.717, 1.165) is 5.56 Å². The maximum atomic E-state index is 13.5. The zero-order valence-corrected chi connectivity index (χ0v) is 19.7. The van der Waals surface area contributed by atoms with Gasteiger partial charge in [-0.05, 0) is 55.4 Å². The molecule has 0 unspecified atom stereocenters. The third kappa shape index (κ3) is 4.10. The van der Waals surface area contributed by atoms with E-state index in [1.165, 1.54) is 3.97 Å². The van der Waals surface area contributed by atoms with Crippen molar-refractivity contribution in [2.24, 2.45) is 0 Å². The van der Waals surface area contributed by atoms with Crippen LogP contribution in [-0.4, -0.2) is 25.7 Å². The van der Waals surface area contributed by atoms with Crippen LogP contribution in [0.2, 0.25) is 18.1 Å². The molecule has 0 saturated carbocycles. The van der Waals surface area contributed by atoms with E-state index in [4.69, 9.17) is 10.2 Å². The first-order valence-corrected chi connectivity index (χ1v) is 13.9. The molecule has 0 aliphatic rings. The third-order valence-electron chi connectivity index (χ3n) is 5.65. The minimum Gasteiger partial charge on any atom is -0.411 e. The van der Waals surface area contributed by atoms with Crippen LogP contribution >= 0.6 is 0 Å². The lowest BCUT2D eigenvalue weighted by Crippen LogP contribution is -2.40. The van der Waals surface area contributed by atoms with Crippen molar-refractivity contribution in [3.63, 3.8) is 0 Å². The van der Waals surface area contributed by atoms with Gasteiger partial charge in [-0.1, -0.05) is 38.5 Å². The molecule has 3 rings (SSSR count). The number of hydrogen-bond acceptors (Lipinski definition) is 5. The van der Waals surface area contributed by atoms with Gasteiger partial charge in [0.2, 0.25) is 0 Å². The summed E-state index contributed by atoms with van der Waals surface area (Å²) >= 11 is 0. The van der Waals surface area contributed by atoms with E-state index >= 15 is 0 Å². The first kappa shape index (κ1) is 21.5. The Morgan fingerprint density at radius 3 is 2.31 bits per heavy atom. The van der Waals surface area contributed by atoms with Gasteiger partial charge >= 0.3 is 0 Å². The summed E-state index contributed by atoms with van der Waals surface area (Å²) < 4.78 is 34.7. The summed E-state index contributed by atoms with van der Waals surface area (Å²) in [5.74, 6) is 0.347. The van der Waals surface area contributed by atoms with Gasteiger partial charge < -0.3 is 10.2 Å². The maximum absolute atomic E-state index is 13.5. The van der Waals surface area contributed by atoms with E-state index in [2.05, 4.69) is 38.8 Å². The molecule has 2 N–H and O–H groups in total. The van der Waals surface area contributed by atoms with Gasteiger partial charge in [-0.15, -0.1) is 0 Å². The van der Waals surface area contributed by atoms with Gasteiger partial charge in [0.1, 0.15) is 5.82 Å². The molecule has 0 aliphatic heterocycles. The zero-order chi connectivity index (χ0) is 21.6. The van der Waals surface area contributed by atoms with Crippen molar-refractivity contribution < 1.29 is 12.8 Å². The predicted octanol–water partition coefficient (Wildman–Crippen LogP) is 4.69. The molecule has 8 heteroatoms. The summed E-state index contributed by atoms with van der Waals surface area (Å²) in [5, 5.41) is 0.0162. The minimum atomic E-state index is -3.81. The molecule has 156 valence electrons. The largest absolute Gasteiger partial charge is 0.411 e. The Hall–Kier alpha value is -2.16. The normalized spacial score (nSPS) is 13.2. The first-order valence-electron chi connectivity index (χ1n) is 9.56. The van der Waals surface area contributed by atoms with Crippen LogP contribution in [0.25, 0.3) is 11.0 Å². The quantitative estimate of drug-likeness (QED) is 0.592. The fraction of sp³-hybridized carbons (Fsp3) is 0.381. The number of pyridine rings is 1. The maximum Gasteiger partial charge on any atom is 0.268 e. The lowest BCUT2D eigenvalue weighted by Gasteiger charge is -2.36. The van der Waals surface area contributed by atoms with Gasteiger partial charge in [-0.3, -0.25) is 0 Å². The van der Waals surface area contributed by atoms with Gasteiger partial charge in [0, 0.05) is 0 Å². The summed E-state index contributed by atoms with van der Waals surface area (Å²) in [6.07, 6.45) is 0. The van der Waals surface area contributed by atoms with Gasteiger partial charge in [0.25, 0.3) is 10.0 Å². The summed E-state index contributed by atoms with van der Waals surface area (Å²) in [5.41, 5.74) is 8.40. The molecule has 29 heavy (non-hydrogen) atoms. The van der Waals surface area contributed by atoms with E-state index in [9.17, 15) is 8.42 Å². The number of rotatable bonds is 5. The lowest BCUT2D eigenvalue weighted by molar-refractivity contribution is 0.271. The molecular weight excluding hydrogens is 402 g/mol. The summed E-state index contributed by atoms with van der Waals surface area (Å²) in [7, 11) is -5.88. The Bertz CT molecular complexity index is 1140. The van der Waals surface area contributed by atoms with E-state index in [1.807, 2.05) is 6.92 Å². The van der Waals surface area contributed by atoms with Crippen LogP contribution in [0.5, 0.6) is 0 Å². The highest BCUT2D eigenvalue weighted by Crippen LogP contribution is 2.37. The number of benzene rings is 1. The molecule has 0 spiro atoms. The molecule has 0 radical (unpaired) electrons. The fourth-order valence-corrected chi connectivity index (χ4v) is 5.26. The SMILES string of the molecule is Cc1ccc(S(=O)(=O)n2c(CO[Si](C)(C)C(C)(C)C)cc3nc(N)ccc32)cc1. The number of nitrogens with zero attached hydrogens (tertiary/aromatic N) is 2. The average Bonchev–Trinajstić information content (AvgIpc) is 2.97. The van der Waals surface area contributed by atoms with Crippen LogP contribution < -0.4 is 5.73 Å². The topological polar surface area (TPSA) is 87.2 Å². The number of nitrogens with two attached hydrogens (primary N) is 1. The Kier molecular flexibility index (Phi) is 5.40. The van der Waals surface area contributed by atoms with Crippen molar-refractivity contribution >= 4 is 35.2 Å². The second-order valence-corrected chi connectivity index (χ2v) is 15.5. The molecule has 0 amide bonds. The number of aryl methyl sites for hydroxylation is 1. The molecule has 2 aromatic heterocycles. The molecule has 0 atom stereocenters. The average molecular weight is 432 g/mol. The summed E-state index contributed by atoms with van der Waals surface area (Å²) in [4.78, 5) is 4.55. The number of aromatic nitrogens is 2. The number of nitrogen functional groups attached to an aromatic ring is 1. The third-order valence-corrected chi connectivity index (χ3v) is 11.9. The number of fused-ring (bicyclic) bond motifs is 1. The minimum absolute atomic E-state index is 0.0162. The van der Waals surface area contributed by atoms with Crippen molar-refractivity contribution in [1.29, 1.82) is 0 Å². The van der Waals surface area contributed by atoms with E-state index in [0.29, 0.717) is 22.5 Å². The van der Waals surface area contributed by atoms with Crippen molar-refractivity contribution in [3.05, 3.63) is 53.7 Å². The zero-order valence-electron chi connectivity index (χ0n) is 17.9. The van der Waals surface area contributed by atoms with Crippen LogP contribution in [0.1, 0.15) is 32.0 Å². The van der Waals surface area contributed by atoms with Gasteiger partial charge in [0.15, 0.2) is 8.32 Å². The predicted molar refractivity (Wildman–Crippen MR) is 120 cm³/mol. The highest BCUT2D eigenvalue weighted by atomic mass is 32.2. The molecule has 1 aromatic carbocycles. The van der Waals surface area contributed by atoms with Crippen LogP contribution in [0, 0.1) is 6.92 Å². The Labute approximate surface area is 173 Å². The smallest absolute Gasteiger partial charge is 0.268 e. The van der Waals surface area contributed by atoms with Crippen molar-refractivity contribution in [2.45, 2.75) is 57.3 Å². The fourth-order valence-electron chi connectivity index (χ4n) is 2.80. The Morgan fingerprint density at radius 1 is 1.10 bits per heavy atom. The monoisotopic (exact) mass is 431 g/mol. The van der Waals surface area contributed by atoms with Crippen LogP contribution in [0.4, 0.5) is 5.82 Å². The molecule has 2 heterocycles. The molecule has 0 bridgehead atoms. The second-order valence-electron chi connectivity index (χ2n) is 8.91. The van der Waals surface area contributed by atoms with E-state index in [-0.39, 0.29) is 16.5 Å².